The van der Waals surface area contributed by atoms with E-state index >= 15 is 0 Å². The highest BCUT2D eigenvalue weighted by Crippen LogP contribution is 2.18. The van der Waals surface area contributed by atoms with Crippen molar-refractivity contribution in [3.63, 3.8) is 0 Å². The number of carboxylic acid groups (broad SMARTS) is 1. The van der Waals surface area contributed by atoms with Crippen molar-refractivity contribution in [2.24, 2.45) is 5.41 Å². The smallest absolute Gasteiger partial charge is 0.412 e. The summed E-state index contributed by atoms with van der Waals surface area (Å²) in [7, 11) is 1.35. The van der Waals surface area contributed by atoms with Crippen LogP contribution in [-0.4, -0.2) is 23.1 Å². The lowest BCUT2D eigenvalue weighted by molar-refractivity contribution is 0.168. The molecular formula is C9H14N2O2. The van der Waals surface area contributed by atoms with Gasteiger partial charge >= 0.3 is 6.09 Å². The Kier molecular flexibility index (Phi) is 3.49. The Bertz CT molecular complexity index is 268. The summed E-state index contributed by atoms with van der Waals surface area (Å²) in [5.41, 5.74) is -0.0469. The maximum Gasteiger partial charge on any atom is 0.412 e. The second kappa shape index (κ2) is 3.94. The van der Waals surface area contributed by atoms with Gasteiger partial charge < -0.3 is 5.11 Å². The molecule has 0 saturated carbocycles. The highest BCUT2D eigenvalue weighted by molar-refractivity contribution is 5.68. The van der Waals surface area contributed by atoms with Crippen molar-refractivity contribution in [2.75, 3.05) is 7.05 Å². The molecule has 0 saturated heterocycles. The van der Waals surface area contributed by atoms with E-state index in [0.717, 1.165) is 4.90 Å². The van der Waals surface area contributed by atoms with Gasteiger partial charge in [0.25, 0.3) is 0 Å². The van der Waals surface area contributed by atoms with Crippen LogP contribution in [0.15, 0.2) is 11.8 Å². The number of nitriles is 1. The van der Waals surface area contributed by atoms with Crippen molar-refractivity contribution in [3.8, 4) is 6.07 Å². The van der Waals surface area contributed by atoms with Crippen LogP contribution in [-0.2, 0) is 0 Å². The molecule has 1 amide bonds. The molecule has 1 N–H and O–H groups in total. The molecule has 0 rings (SSSR count). The summed E-state index contributed by atoms with van der Waals surface area (Å²) in [4.78, 5) is 11.4. The van der Waals surface area contributed by atoms with Gasteiger partial charge in [0.2, 0.25) is 0 Å². The largest absolute Gasteiger partial charge is 0.465 e. The molecule has 0 aromatic carbocycles. The van der Waals surface area contributed by atoms with Crippen molar-refractivity contribution in [1.82, 2.24) is 4.90 Å². The third-order valence-corrected chi connectivity index (χ3v) is 1.33. The van der Waals surface area contributed by atoms with Crippen molar-refractivity contribution in [2.45, 2.75) is 20.8 Å². The number of carbonyl (C=O) groups is 1. The van der Waals surface area contributed by atoms with Gasteiger partial charge in [-0.2, -0.15) is 5.26 Å². The number of hydrogen-bond donors (Lipinski definition) is 1. The molecule has 0 bridgehead atoms. The van der Waals surface area contributed by atoms with Crippen LogP contribution in [0.1, 0.15) is 20.8 Å². The number of amides is 1. The molecule has 4 heteroatoms. The average molecular weight is 182 g/mol. The fourth-order valence-electron chi connectivity index (χ4n) is 0.717. The van der Waals surface area contributed by atoms with Crippen molar-refractivity contribution >= 4 is 6.09 Å². The van der Waals surface area contributed by atoms with Crippen LogP contribution < -0.4 is 0 Å². The molecule has 0 aromatic heterocycles. The monoisotopic (exact) mass is 182 g/mol. The van der Waals surface area contributed by atoms with Gasteiger partial charge in [-0.15, -0.1) is 0 Å². The number of rotatable bonds is 1. The third-order valence-electron chi connectivity index (χ3n) is 1.33. The summed E-state index contributed by atoms with van der Waals surface area (Å²) in [5, 5.41) is 17.3. The Morgan fingerprint density at radius 2 is 2.00 bits per heavy atom. The van der Waals surface area contributed by atoms with E-state index in [2.05, 4.69) is 0 Å². The van der Waals surface area contributed by atoms with Crippen LogP contribution in [0, 0.1) is 16.7 Å². The summed E-state index contributed by atoms with van der Waals surface area (Å²) >= 11 is 0. The second-order valence-electron chi connectivity index (χ2n) is 3.85. The molecule has 13 heavy (non-hydrogen) atoms. The molecule has 0 spiro atoms. The van der Waals surface area contributed by atoms with E-state index in [9.17, 15) is 4.79 Å². The summed E-state index contributed by atoms with van der Waals surface area (Å²) in [6.45, 7) is 5.71. The van der Waals surface area contributed by atoms with Crippen LogP contribution in [0.5, 0.6) is 0 Å². The lowest BCUT2D eigenvalue weighted by Gasteiger charge is -2.17. The Labute approximate surface area is 78.1 Å². The maximum absolute atomic E-state index is 10.5. The zero-order valence-electron chi connectivity index (χ0n) is 8.33. The third kappa shape index (κ3) is 4.16. The summed E-state index contributed by atoms with van der Waals surface area (Å²) in [6.07, 6.45) is 0.498. The molecule has 0 atom stereocenters. The topological polar surface area (TPSA) is 64.3 Å². The molecule has 72 valence electrons. The van der Waals surface area contributed by atoms with Gasteiger partial charge in [-0.25, -0.2) is 4.79 Å². The molecule has 0 heterocycles. The molecule has 0 fully saturated rings. The SMILES string of the molecule is CN(C(=O)O)C(C#N)=CC(C)(C)C. The minimum atomic E-state index is -1.13. The van der Waals surface area contributed by atoms with Gasteiger partial charge in [-0.05, 0) is 11.5 Å². The van der Waals surface area contributed by atoms with Crippen LogP contribution >= 0.6 is 0 Å². The van der Waals surface area contributed by atoms with Crippen LogP contribution in [0.4, 0.5) is 4.79 Å². The predicted octanol–water partition coefficient (Wildman–Crippen LogP) is 2.05. The normalized spacial score (nSPS) is 12.1. The first-order chi connectivity index (χ1) is 5.78. The molecule has 4 nitrogen and oxygen atoms in total. The Hall–Kier alpha value is -1.50. The van der Waals surface area contributed by atoms with Gasteiger partial charge in [-0.3, -0.25) is 4.90 Å². The first-order valence-corrected chi connectivity index (χ1v) is 3.87. The predicted molar refractivity (Wildman–Crippen MR) is 48.9 cm³/mol. The van der Waals surface area contributed by atoms with E-state index in [-0.39, 0.29) is 11.1 Å². The number of allylic oxidation sites excluding steroid dienone is 2. The van der Waals surface area contributed by atoms with E-state index in [1.807, 2.05) is 26.8 Å². The van der Waals surface area contributed by atoms with Gasteiger partial charge in [0.1, 0.15) is 11.8 Å². The van der Waals surface area contributed by atoms with Gasteiger partial charge in [0.05, 0.1) is 0 Å². The van der Waals surface area contributed by atoms with E-state index in [1.165, 1.54) is 7.05 Å². The van der Waals surface area contributed by atoms with Crippen LogP contribution in [0.2, 0.25) is 0 Å². The molecule has 0 unspecified atom stereocenters. The van der Waals surface area contributed by atoms with E-state index in [0.29, 0.717) is 0 Å². The first-order valence-electron chi connectivity index (χ1n) is 3.87. The minimum absolute atomic E-state index is 0.153. The Morgan fingerprint density at radius 3 is 2.23 bits per heavy atom. The zero-order chi connectivity index (χ0) is 10.6. The molecular weight excluding hydrogens is 168 g/mol. The molecule has 0 aliphatic rings. The fraction of sp³-hybridized carbons (Fsp3) is 0.556. The maximum atomic E-state index is 10.5. The first kappa shape index (κ1) is 11.5. The molecule has 0 radical (unpaired) electrons. The quantitative estimate of drug-likeness (QED) is 0.631. The van der Waals surface area contributed by atoms with Crippen molar-refractivity contribution in [3.05, 3.63) is 11.8 Å². The number of hydrogen-bond acceptors (Lipinski definition) is 2. The second-order valence-corrected chi connectivity index (χ2v) is 3.85. The van der Waals surface area contributed by atoms with Gasteiger partial charge in [0.15, 0.2) is 0 Å². The Morgan fingerprint density at radius 1 is 1.54 bits per heavy atom. The van der Waals surface area contributed by atoms with Crippen molar-refractivity contribution in [1.29, 1.82) is 5.26 Å². The highest BCUT2D eigenvalue weighted by Gasteiger charge is 2.15. The summed E-state index contributed by atoms with van der Waals surface area (Å²) in [6, 6.07) is 1.85. The molecule has 0 aliphatic heterocycles. The number of nitrogens with zero attached hydrogens (tertiary/aromatic N) is 2. The fourth-order valence-corrected chi connectivity index (χ4v) is 0.717. The van der Waals surface area contributed by atoms with Crippen LogP contribution in [0.3, 0.4) is 0 Å². The molecule has 0 aromatic rings. The summed E-state index contributed by atoms with van der Waals surface area (Å²) in [5.74, 6) is 0. The summed E-state index contributed by atoms with van der Waals surface area (Å²) < 4.78 is 0. The van der Waals surface area contributed by atoms with Gasteiger partial charge in [-0.1, -0.05) is 20.8 Å². The lowest BCUT2D eigenvalue weighted by atomic mass is 9.95. The van der Waals surface area contributed by atoms with Crippen LogP contribution in [0.25, 0.3) is 0 Å². The average Bonchev–Trinajstić information content (AvgIpc) is 1.97. The van der Waals surface area contributed by atoms with E-state index in [4.69, 9.17) is 10.4 Å². The Balaban J connectivity index is 4.84. The zero-order valence-corrected chi connectivity index (χ0v) is 8.33. The lowest BCUT2D eigenvalue weighted by Crippen LogP contribution is -2.24. The highest BCUT2D eigenvalue weighted by atomic mass is 16.4. The van der Waals surface area contributed by atoms with E-state index in [1.54, 1.807) is 6.08 Å². The van der Waals surface area contributed by atoms with E-state index < -0.39 is 6.09 Å². The van der Waals surface area contributed by atoms with Gasteiger partial charge in [0, 0.05) is 7.05 Å². The minimum Gasteiger partial charge on any atom is -0.465 e. The van der Waals surface area contributed by atoms with Crippen molar-refractivity contribution < 1.29 is 9.90 Å². The standard InChI is InChI=1S/C9H14N2O2/c1-9(2,3)5-7(6-10)11(4)8(12)13/h5H,1-4H3,(H,12,13). The molecule has 0 aliphatic carbocycles.